The Kier molecular flexibility index (Phi) is 4.24. The topological polar surface area (TPSA) is 58.5 Å². The van der Waals surface area contributed by atoms with Gasteiger partial charge in [-0.25, -0.2) is 0 Å². The molecular formula is C12H11ClN2O2S2. The fourth-order valence-corrected chi connectivity index (χ4v) is 2.99. The normalized spacial score (nSPS) is 12.4. The molecule has 0 spiro atoms. The van der Waals surface area contributed by atoms with Crippen molar-refractivity contribution in [3.05, 3.63) is 51.7 Å². The summed E-state index contributed by atoms with van der Waals surface area (Å²) in [6.45, 7) is 1.75. The Hall–Kier alpha value is -1.37. The fraction of sp³-hybridized carbons (Fsp3) is 0.0833. The zero-order valence-corrected chi connectivity index (χ0v) is 12.4. The smallest absolute Gasteiger partial charge is 0.200 e. The Morgan fingerprint density at radius 1 is 1.26 bits per heavy atom. The van der Waals surface area contributed by atoms with E-state index in [9.17, 15) is 8.42 Å². The van der Waals surface area contributed by atoms with Crippen LogP contribution >= 0.6 is 22.9 Å². The number of hydrogen-bond acceptors (Lipinski definition) is 4. The van der Waals surface area contributed by atoms with Crippen LogP contribution in [0.25, 0.3) is 0 Å². The number of benzene rings is 1. The summed E-state index contributed by atoms with van der Waals surface area (Å²) in [6, 6.07) is 9.66. The molecule has 1 aromatic carbocycles. The summed E-state index contributed by atoms with van der Waals surface area (Å²) in [5.74, 6) is 0. The Balaban J connectivity index is 2.18. The van der Waals surface area contributed by atoms with Gasteiger partial charge in [-0.15, -0.1) is 11.3 Å². The molecule has 0 aliphatic carbocycles. The lowest BCUT2D eigenvalue weighted by molar-refractivity contribution is 0.584. The zero-order chi connectivity index (χ0) is 13.9. The summed E-state index contributed by atoms with van der Waals surface area (Å²) in [5.41, 5.74) is 0.618. The highest BCUT2D eigenvalue weighted by atomic mass is 35.5. The lowest BCUT2D eigenvalue weighted by Crippen LogP contribution is -2.19. The first kappa shape index (κ1) is 14.0. The molecule has 0 amide bonds. The molecule has 0 unspecified atom stereocenters. The van der Waals surface area contributed by atoms with E-state index in [2.05, 4.69) is 9.93 Å². The second kappa shape index (κ2) is 5.73. The van der Waals surface area contributed by atoms with Crippen LogP contribution in [0.4, 0.5) is 0 Å². The molecule has 1 N–H and O–H groups in total. The van der Waals surface area contributed by atoms with Gasteiger partial charge >= 0.3 is 0 Å². The molecule has 1 heterocycles. The van der Waals surface area contributed by atoms with Crippen molar-refractivity contribution in [2.45, 2.75) is 11.8 Å². The summed E-state index contributed by atoms with van der Waals surface area (Å²) >= 11 is 7.21. The highest BCUT2D eigenvalue weighted by Gasteiger charge is 2.12. The lowest BCUT2D eigenvalue weighted by Gasteiger charge is -2.04. The van der Waals surface area contributed by atoms with Crippen molar-refractivity contribution < 1.29 is 8.42 Å². The third-order valence-electron chi connectivity index (χ3n) is 2.34. The van der Waals surface area contributed by atoms with Crippen molar-refractivity contribution in [2.24, 2.45) is 5.10 Å². The molecule has 0 radical (unpaired) electrons. The molecule has 2 rings (SSSR count). The van der Waals surface area contributed by atoms with Crippen LogP contribution in [0, 0.1) is 0 Å². The summed E-state index contributed by atoms with van der Waals surface area (Å²) in [5, 5.41) is 6.28. The number of hydrogen-bond donors (Lipinski definition) is 1. The number of nitrogens with zero attached hydrogens (tertiary/aromatic N) is 1. The van der Waals surface area contributed by atoms with E-state index in [1.807, 2.05) is 17.5 Å². The van der Waals surface area contributed by atoms with E-state index >= 15 is 0 Å². The van der Waals surface area contributed by atoms with Gasteiger partial charge in [0.05, 0.1) is 15.5 Å². The van der Waals surface area contributed by atoms with Crippen molar-refractivity contribution >= 4 is 38.7 Å². The largest absolute Gasteiger partial charge is 0.276 e. The van der Waals surface area contributed by atoms with Gasteiger partial charge in [-0.3, -0.25) is 0 Å². The first-order valence-corrected chi connectivity index (χ1v) is 8.09. The zero-order valence-electron chi connectivity index (χ0n) is 10.00. The summed E-state index contributed by atoms with van der Waals surface area (Å²) in [7, 11) is -3.65. The third kappa shape index (κ3) is 3.56. The molecule has 2 aromatic rings. The maximum absolute atomic E-state index is 12.0. The molecule has 0 aliphatic rings. The average Bonchev–Trinajstić information content (AvgIpc) is 2.90. The van der Waals surface area contributed by atoms with Crippen LogP contribution in [0.2, 0.25) is 5.02 Å². The van der Waals surface area contributed by atoms with Gasteiger partial charge in [-0.1, -0.05) is 17.7 Å². The van der Waals surface area contributed by atoms with Crippen molar-refractivity contribution in [3.8, 4) is 0 Å². The molecular weight excluding hydrogens is 304 g/mol. The van der Waals surface area contributed by atoms with Gasteiger partial charge in [0.2, 0.25) is 0 Å². The van der Waals surface area contributed by atoms with E-state index in [1.165, 1.54) is 35.6 Å². The van der Waals surface area contributed by atoms with Crippen LogP contribution in [-0.4, -0.2) is 14.1 Å². The lowest BCUT2D eigenvalue weighted by atomic mass is 10.3. The Morgan fingerprint density at radius 2 is 1.95 bits per heavy atom. The van der Waals surface area contributed by atoms with Gasteiger partial charge in [0.1, 0.15) is 0 Å². The molecule has 0 saturated carbocycles. The van der Waals surface area contributed by atoms with Gasteiger partial charge in [0.15, 0.2) is 0 Å². The fourth-order valence-electron chi connectivity index (χ4n) is 1.33. The van der Waals surface area contributed by atoms with Crippen LogP contribution in [-0.2, 0) is 10.0 Å². The summed E-state index contributed by atoms with van der Waals surface area (Å²) < 4.78 is 23.9. The van der Waals surface area contributed by atoms with Crippen LogP contribution in [0.5, 0.6) is 0 Å². The Labute approximate surface area is 120 Å². The highest BCUT2D eigenvalue weighted by Crippen LogP contribution is 2.14. The summed E-state index contributed by atoms with van der Waals surface area (Å²) in [4.78, 5) is 3.25. The maximum atomic E-state index is 12.0. The average molecular weight is 315 g/mol. The molecule has 0 saturated heterocycles. The minimum atomic E-state index is -3.65. The molecule has 0 bridgehead atoms. The third-order valence-corrected chi connectivity index (χ3v) is 4.79. The Bertz CT molecular complexity index is 677. The van der Waals surface area contributed by atoms with Crippen LogP contribution in [0.1, 0.15) is 11.8 Å². The van der Waals surface area contributed by atoms with E-state index in [0.29, 0.717) is 10.7 Å². The van der Waals surface area contributed by atoms with Crippen molar-refractivity contribution in [1.29, 1.82) is 0 Å². The van der Waals surface area contributed by atoms with Crippen molar-refractivity contribution in [2.75, 3.05) is 0 Å². The molecule has 1 aromatic heterocycles. The van der Waals surface area contributed by atoms with Gasteiger partial charge < -0.3 is 0 Å². The maximum Gasteiger partial charge on any atom is 0.276 e. The first-order chi connectivity index (χ1) is 8.99. The quantitative estimate of drug-likeness (QED) is 0.696. The van der Waals surface area contributed by atoms with Crippen LogP contribution in [0.15, 0.2) is 51.8 Å². The van der Waals surface area contributed by atoms with E-state index in [-0.39, 0.29) is 4.90 Å². The molecule has 0 atom stereocenters. The van der Waals surface area contributed by atoms with E-state index in [1.54, 1.807) is 6.92 Å². The molecule has 4 nitrogen and oxygen atoms in total. The predicted octanol–water partition coefficient (Wildman–Crippen LogP) is 3.10. The van der Waals surface area contributed by atoms with Gasteiger partial charge in [-0.05, 0) is 42.6 Å². The second-order valence-electron chi connectivity index (χ2n) is 3.72. The van der Waals surface area contributed by atoms with E-state index in [4.69, 9.17) is 11.6 Å². The number of sulfonamides is 1. The standard InChI is InChI=1S/C12H11ClN2O2S2/c1-9(12-3-2-8-18-12)14-15-19(16,17)11-6-4-10(13)5-7-11/h2-8,15H,1H3/b14-9+. The molecule has 100 valence electrons. The van der Waals surface area contributed by atoms with Crippen LogP contribution in [0.3, 0.4) is 0 Å². The molecule has 0 aliphatic heterocycles. The first-order valence-electron chi connectivity index (χ1n) is 5.34. The predicted molar refractivity (Wildman–Crippen MR) is 78.3 cm³/mol. The Morgan fingerprint density at radius 3 is 2.53 bits per heavy atom. The number of thiophene rings is 1. The number of hydrazone groups is 1. The monoisotopic (exact) mass is 314 g/mol. The van der Waals surface area contributed by atoms with Gasteiger partial charge in [-0.2, -0.15) is 18.4 Å². The van der Waals surface area contributed by atoms with Crippen LogP contribution < -0.4 is 4.83 Å². The number of halogens is 1. The molecule has 0 fully saturated rings. The highest BCUT2D eigenvalue weighted by molar-refractivity contribution is 7.89. The SMILES string of the molecule is C/C(=N\NS(=O)(=O)c1ccc(Cl)cc1)c1cccs1. The van der Waals surface area contributed by atoms with Gasteiger partial charge in [0.25, 0.3) is 10.0 Å². The number of nitrogens with one attached hydrogen (secondary N) is 1. The van der Waals surface area contributed by atoms with E-state index in [0.717, 1.165) is 4.88 Å². The minimum Gasteiger partial charge on any atom is -0.200 e. The molecule has 7 heteroatoms. The van der Waals surface area contributed by atoms with Gasteiger partial charge in [0, 0.05) is 5.02 Å². The summed E-state index contributed by atoms with van der Waals surface area (Å²) in [6.07, 6.45) is 0. The number of rotatable bonds is 4. The van der Waals surface area contributed by atoms with E-state index < -0.39 is 10.0 Å². The van der Waals surface area contributed by atoms with Crippen molar-refractivity contribution in [1.82, 2.24) is 4.83 Å². The molecule has 19 heavy (non-hydrogen) atoms. The van der Waals surface area contributed by atoms with Crippen molar-refractivity contribution in [3.63, 3.8) is 0 Å². The second-order valence-corrected chi connectivity index (χ2v) is 6.77. The minimum absolute atomic E-state index is 0.125.